The summed E-state index contributed by atoms with van der Waals surface area (Å²) >= 11 is 0. The molecule has 0 bridgehead atoms. The van der Waals surface area contributed by atoms with Gasteiger partial charge in [0.15, 0.2) is 0 Å². The van der Waals surface area contributed by atoms with Crippen LogP contribution in [0.2, 0.25) is 0 Å². The lowest BCUT2D eigenvalue weighted by Gasteiger charge is -2.25. The average molecular weight is 699 g/mol. The van der Waals surface area contributed by atoms with E-state index in [0.29, 0.717) is 0 Å². The number of hydrogen-bond acceptors (Lipinski definition) is 0. The van der Waals surface area contributed by atoms with Crippen molar-refractivity contribution in [2.45, 2.75) is 19.3 Å². The third kappa shape index (κ3) is 4.78. The Bertz CT molecular complexity index is 3100. The molecule has 0 aromatic heterocycles. The van der Waals surface area contributed by atoms with Gasteiger partial charge in [-0.2, -0.15) is 0 Å². The van der Waals surface area contributed by atoms with Gasteiger partial charge in [-0.1, -0.05) is 202 Å². The molecular weight excluding hydrogens is 661 g/mol. The Kier molecular flexibility index (Phi) is 7.00. The van der Waals surface area contributed by atoms with Gasteiger partial charge >= 0.3 is 0 Å². The van der Waals surface area contributed by atoms with Crippen LogP contribution in [0, 0.1) is 0 Å². The number of benzene rings is 10. The zero-order chi connectivity index (χ0) is 36.7. The monoisotopic (exact) mass is 698 g/mol. The van der Waals surface area contributed by atoms with Gasteiger partial charge in [-0.25, -0.2) is 0 Å². The molecule has 0 aliphatic heterocycles. The largest absolute Gasteiger partial charge is 0.0616 e. The molecule has 0 fully saturated rings. The summed E-state index contributed by atoms with van der Waals surface area (Å²) in [6.07, 6.45) is 0. The Morgan fingerprint density at radius 3 is 1.45 bits per heavy atom. The van der Waals surface area contributed by atoms with E-state index < -0.39 is 0 Å². The average Bonchev–Trinajstić information content (AvgIpc) is 3.49. The topological polar surface area (TPSA) is 0 Å². The van der Waals surface area contributed by atoms with E-state index in [-0.39, 0.29) is 5.41 Å². The zero-order valence-corrected chi connectivity index (χ0v) is 31.0. The molecule has 0 radical (unpaired) electrons. The van der Waals surface area contributed by atoms with Crippen LogP contribution < -0.4 is 0 Å². The van der Waals surface area contributed by atoms with Crippen molar-refractivity contribution >= 4 is 43.1 Å². The van der Waals surface area contributed by atoms with E-state index in [1.807, 2.05) is 0 Å². The van der Waals surface area contributed by atoms with Crippen molar-refractivity contribution in [1.82, 2.24) is 0 Å². The maximum Gasteiger partial charge on any atom is 0.0165 e. The van der Waals surface area contributed by atoms with Gasteiger partial charge in [0.1, 0.15) is 0 Å². The summed E-state index contributed by atoms with van der Waals surface area (Å²) in [6.45, 7) is 4.78. The smallest absolute Gasteiger partial charge is 0.0165 e. The molecule has 0 amide bonds. The summed E-state index contributed by atoms with van der Waals surface area (Å²) < 4.78 is 0. The fourth-order valence-corrected chi connectivity index (χ4v) is 9.78. The molecule has 0 atom stereocenters. The molecule has 11 rings (SSSR count). The molecule has 0 unspecified atom stereocenters. The Labute approximate surface area is 322 Å². The summed E-state index contributed by atoms with van der Waals surface area (Å²) in [5, 5.41) is 10.2. The van der Waals surface area contributed by atoms with E-state index in [9.17, 15) is 0 Å². The minimum atomic E-state index is -0.114. The predicted octanol–water partition coefficient (Wildman–Crippen LogP) is 15.3. The van der Waals surface area contributed by atoms with Crippen LogP contribution in [-0.4, -0.2) is 0 Å². The molecule has 258 valence electrons. The highest BCUT2D eigenvalue weighted by Gasteiger charge is 2.38. The summed E-state index contributed by atoms with van der Waals surface area (Å²) in [7, 11) is 0. The summed E-state index contributed by atoms with van der Waals surface area (Å²) in [4.78, 5) is 0. The van der Waals surface area contributed by atoms with Crippen LogP contribution in [0.5, 0.6) is 0 Å². The van der Waals surface area contributed by atoms with Crippen molar-refractivity contribution in [2.24, 2.45) is 0 Å². The lowest BCUT2D eigenvalue weighted by Crippen LogP contribution is -2.16. The van der Waals surface area contributed by atoms with Gasteiger partial charge in [-0.3, -0.25) is 0 Å². The van der Waals surface area contributed by atoms with E-state index in [4.69, 9.17) is 0 Å². The second-order valence-corrected chi connectivity index (χ2v) is 15.6. The Morgan fingerprint density at radius 1 is 0.291 bits per heavy atom. The lowest BCUT2D eigenvalue weighted by molar-refractivity contribution is 0.662. The quantitative estimate of drug-likeness (QED) is 0.161. The fourth-order valence-electron chi connectivity index (χ4n) is 9.78. The standard InChI is InChI=1S/C55H38/c1-55(2)50-33-32-36-15-4-6-20-43(36)53(50)49-27-13-26-44(54(49)55)37-28-30-38(31-29-37)51-45-21-7-9-23-47(45)52(48-24-10-8-22-46(48)51)40-18-11-17-39(34-40)42-25-12-16-35-14-3-5-19-41(35)42/h3-34H,1-2H3. The maximum atomic E-state index is 2.39. The van der Waals surface area contributed by atoms with Crippen molar-refractivity contribution in [1.29, 1.82) is 0 Å². The molecule has 0 heterocycles. The van der Waals surface area contributed by atoms with Crippen LogP contribution in [0.15, 0.2) is 194 Å². The number of rotatable bonds is 4. The molecule has 0 spiro atoms. The molecule has 10 aromatic carbocycles. The molecule has 1 aliphatic carbocycles. The molecule has 0 saturated carbocycles. The third-order valence-electron chi connectivity index (χ3n) is 12.2. The normalized spacial score (nSPS) is 13.1. The number of hydrogen-bond donors (Lipinski definition) is 0. The molecule has 0 N–H and O–H groups in total. The molecule has 0 saturated heterocycles. The van der Waals surface area contributed by atoms with E-state index in [1.54, 1.807) is 0 Å². The van der Waals surface area contributed by atoms with E-state index in [0.717, 1.165) is 0 Å². The fraction of sp³-hybridized carbons (Fsp3) is 0.0545. The van der Waals surface area contributed by atoms with Gasteiger partial charge in [0.25, 0.3) is 0 Å². The van der Waals surface area contributed by atoms with Crippen molar-refractivity contribution in [3.8, 4) is 55.6 Å². The minimum absolute atomic E-state index is 0.114. The first-order chi connectivity index (χ1) is 27.1. The second kappa shape index (κ2) is 12.1. The summed E-state index contributed by atoms with van der Waals surface area (Å²) in [5.41, 5.74) is 15.5. The summed E-state index contributed by atoms with van der Waals surface area (Å²) in [5.74, 6) is 0. The van der Waals surface area contributed by atoms with Gasteiger partial charge in [-0.15, -0.1) is 0 Å². The van der Waals surface area contributed by atoms with Gasteiger partial charge in [0, 0.05) is 5.41 Å². The lowest BCUT2D eigenvalue weighted by atomic mass is 9.78. The van der Waals surface area contributed by atoms with Gasteiger partial charge in [0.2, 0.25) is 0 Å². The van der Waals surface area contributed by atoms with Crippen LogP contribution >= 0.6 is 0 Å². The van der Waals surface area contributed by atoms with Crippen LogP contribution in [0.4, 0.5) is 0 Å². The highest BCUT2D eigenvalue weighted by molar-refractivity contribution is 6.21. The Balaban J connectivity index is 1.06. The van der Waals surface area contributed by atoms with Crippen LogP contribution in [0.25, 0.3) is 98.7 Å². The highest BCUT2D eigenvalue weighted by Crippen LogP contribution is 2.54. The molecule has 1 aliphatic rings. The maximum absolute atomic E-state index is 2.39. The number of fused-ring (bicyclic) bond motifs is 8. The van der Waals surface area contributed by atoms with E-state index in [1.165, 1.54) is 110 Å². The van der Waals surface area contributed by atoms with Crippen LogP contribution in [0.1, 0.15) is 25.0 Å². The summed E-state index contributed by atoms with van der Waals surface area (Å²) in [6, 6.07) is 72.0. The highest BCUT2D eigenvalue weighted by atomic mass is 14.4. The van der Waals surface area contributed by atoms with Crippen LogP contribution in [0.3, 0.4) is 0 Å². The van der Waals surface area contributed by atoms with Crippen molar-refractivity contribution in [2.75, 3.05) is 0 Å². The SMILES string of the molecule is CC1(C)c2ccc3ccccc3c2-c2cccc(-c3ccc(-c4c5ccccc5c(-c5cccc(-c6cccc7ccccc67)c5)c5ccccc45)cc3)c21. The molecule has 10 aromatic rings. The van der Waals surface area contributed by atoms with Crippen LogP contribution in [-0.2, 0) is 5.41 Å². The molecular formula is C55H38. The minimum Gasteiger partial charge on any atom is -0.0616 e. The third-order valence-corrected chi connectivity index (χ3v) is 12.2. The zero-order valence-electron chi connectivity index (χ0n) is 31.0. The van der Waals surface area contributed by atoms with Gasteiger partial charge < -0.3 is 0 Å². The van der Waals surface area contributed by atoms with E-state index >= 15 is 0 Å². The van der Waals surface area contributed by atoms with Crippen molar-refractivity contribution < 1.29 is 0 Å². The first-order valence-electron chi connectivity index (χ1n) is 19.4. The predicted molar refractivity (Wildman–Crippen MR) is 236 cm³/mol. The van der Waals surface area contributed by atoms with Gasteiger partial charge in [0.05, 0.1) is 0 Å². The van der Waals surface area contributed by atoms with E-state index in [2.05, 4.69) is 208 Å². The Hall–Kier alpha value is -6.76. The van der Waals surface area contributed by atoms with Crippen molar-refractivity contribution in [3.05, 3.63) is 205 Å². The first kappa shape index (κ1) is 31.7. The molecule has 55 heavy (non-hydrogen) atoms. The van der Waals surface area contributed by atoms with Crippen molar-refractivity contribution in [3.63, 3.8) is 0 Å². The first-order valence-corrected chi connectivity index (χ1v) is 19.4. The van der Waals surface area contributed by atoms with Gasteiger partial charge in [-0.05, 0) is 116 Å². The Morgan fingerprint density at radius 2 is 0.764 bits per heavy atom. The molecule has 0 heteroatoms. The molecule has 0 nitrogen and oxygen atoms in total. The second-order valence-electron chi connectivity index (χ2n) is 15.6.